The number of halogens is 2. The fourth-order valence-electron chi connectivity index (χ4n) is 1.12. The van der Waals surface area contributed by atoms with Crippen LogP contribution in [0.3, 0.4) is 0 Å². The van der Waals surface area contributed by atoms with Crippen molar-refractivity contribution in [3.8, 4) is 0 Å². The summed E-state index contributed by atoms with van der Waals surface area (Å²) in [6.07, 6.45) is 1.93. The Hall–Kier alpha value is 0.180. The van der Waals surface area contributed by atoms with Crippen LogP contribution in [0.2, 0.25) is 0 Å². The molecule has 1 nitrogen and oxygen atoms in total. The van der Waals surface area contributed by atoms with Crippen LogP contribution in [0.25, 0.3) is 0 Å². The number of alkyl halides is 1. The predicted molar refractivity (Wildman–Crippen MR) is 38.8 cm³/mol. The van der Waals surface area contributed by atoms with Crippen LogP contribution >= 0.6 is 12.4 Å². The minimum absolute atomic E-state index is 0. The van der Waals surface area contributed by atoms with Crippen molar-refractivity contribution < 1.29 is 4.39 Å². The molecule has 1 unspecified atom stereocenters. The van der Waals surface area contributed by atoms with E-state index < -0.39 is 0 Å². The van der Waals surface area contributed by atoms with Crippen molar-refractivity contribution in [1.29, 1.82) is 0 Å². The Bertz CT molecular complexity index is 64.1. The van der Waals surface area contributed by atoms with Gasteiger partial charge in [-0.2, -0.15) is 0 Å². The van der Waals surface area contributed by atoms with E-state index in [0.717, 1.165) is 19.5 Å². The van der Waals surface area contributed by atoms with Gasteiger partial charge < -0.3 is 5.32 Å². The van der Waals surface area contributed by atoms with Crippen LogP contribution in [-0.2, 0) is 0 Å². The Morgan fingerprint density at radius 1 is 1.56 bits per heavy atom. The van der Waals surface area contributed by atoms with Gasteiger partial charge in [0.05, 0.1) is 6.67 Å². The summed E-state index contributed by atoms with van der Waals surface area (Å²) >= 11 is 0. The summed E-state index contributed by atoms with van der Waals surface area (Å²) in [6.45, 7) is 1.97. The molecule has 1 saturated heterocycles. The molecule has 1 N–H and O–H groups in total. The number of hydrogen-bond acceptors (Lipinski definition) is 1. The predicted octanol–water partition coefficient (Wildman–Crippen LogP) is 1.38. The molecule has 9 heavy (non-hydrogen) atoms. The lowest BCUT2D eigenvalue weighted by Gasteiger charge is -2.00. The van der Waals surface area contributed by atoms with E-state index in [-0.39, 0.29) is 19.1 Å². The van der Waals surface area contributed by atoms with Gasteiger partial charge in [0, 0.05) is 0 Å². The van der Waals surface area contributed by atoms with Crippen molar-refractivity contribution in [2.45, 2.75) is 12.8 Å². The standard InChI is InChI=1S/C6H12FN.ClH/c7-3-1-6-2-4-8-5-6;/h6,8H,1-5H2;1H. The summed E-state index contributed by atoms with van der Waals surface area (Å²) in [4.78, 5) is 0. The van der Waals surface area contributed by atoms with Crippen molar-refractivity contribution in [2.75, 3.05) is 19.8 Å². The molecule has 1 aliphatic heterocycles. The van der Waals surface area contributed by atoms with Crippen molar-refractivity contribution in [3.05, 3.63) is 0 Å². The van der Waals surface area contributed by atoms with Crippen molar-refractivity contribution in [1.82, 2.24) is 5.32 Å². The second-order valence-corrected chi connectivity index (χ2v) is 2.34. The molecule has 0 bridgehead atoms. The van der Waals surface area contributed by atoms with Crippen LogP contribution in [0.1, 0.15) is 12.8 Å². The summed E-state index contributed by atoms with van der Waals surface area (Å²) in [7, 11) is 0. The first-order valence-electron chi connectivity index (χ1n) is 3.20. The summed E-state index contributed by atoms with van der Waals surface area (Å²) in [6, 6.07) is 0. The Kier molecular flexibility index (Phi) is 5.10. The van der Waals surface area contributed by atoms with E-state index in [1.807, 2.05) is 0 Å². The lowest BCUT2D eigenvalue weighted by atomic mass is 10.1. The molecule has 1 heterocycles. The van der Waals surface area contributed by atoms with Crippen LogP contribution < -0.4 is 5.32 Å². The average Bonchev–Trinajstić information content (AvgIpc) is 2.19. The molecule has 1 rings (SSSR count). The summed E-state index contributed by atoms with van der Waals surface area (Å²) in [5.74, 6) is 0.625. The second-order valence-electron chi connectivity index (χ2n) is 2.34. The van der Waals surface area contributed by atoms with Crippen LogP contribution in [-0.4, -0.2) is 19.8 Å². The molecule has 1 aliphatic rings. The second kappa shape index (κ2) is 5.00. The molecule has 1 fully saturated rings. The van der Waals surface area contributed by atoms with E-state index in [9.17, 15) is 4.39 Å². The molecular formula is C6H13ClFN. The monoisotopic (exact) mass is 153 g/mol. The van der Waals surface area contributed by atoms with E-state index in [1.54, 1.807) is 0 Å². The van der Waals surface area contributed by atoms with Gasteiger partial charge in [0.2, 0.25) is 0 Å². The Morgan fingerprint density at radius 2 is 2.33 bits per heavy atom. The SMILES string of the molecule is Cl.FCCC1CCNC1. The minimum atomic E-state index is -0.146. The maximum atomic E-state index is 11.6. The molecule has 0 amide bonds. The highest BCUT2D eigenvalue weighted by atomic mass is 35.5. The van der Waals surface area contributed by atoms with Gasteiger partial charge in [0.15, 0.2) is 0 Å². The van der Waals surface area contributed by atoms with E-state index in [0.29, 0.717) is 5.92 Å². The third-order valence-electron chi connectivity index (χ3n) is 1.68. The Labute approximate surface area is 61.4 Å². The smallest absolute Gasteiger partial charge is 0.0897 e. The highest BCUT2D eigenvalue weighted by Gasteiger charge is 2.12. The largest absolute Gasteiger partial charge is 0.316 e. The molecule has 0 saturated carbocycles. The van der Waals surface area contributed by atoms with Crippen molar-refractivity contribution in [3.63, 3.8) is 0 Å². The molecular weight excluding hydrogens is 141 g/mol. The fourth-order valence-corrected chi connectivity index (χ4v) is 1.12. The van der Waals surface area contributed by atoms with E-state index in [1.165, 1.54) is 6.42 Å². The zero-order chi connectivity index (χ0) is 5.82. The summed E-state index contributed by atoms with van der Waals surface area (Å²) in [5.41, 5.74) is 0. The lowest BCUT2D eigenvalue weighted by Crippen LogP contribution is -2.09. The molecule has 56 valence electrons. The van der Waals surface area contributed by atoms with Gasteiger partial charge in [0.1, 0.15) is 0 Å². The van der Waals surface area contributed by atoms with Gasteiger partial charge in [-0.1, -0.05) is 0 Å². The van der Waals surface area contributed by atoms with E-state index in [4.69, 9.17) is 0 Å². The Balaban J connectivity index is 0.000000640. The maximum absolute atomic E-state index is 11.6. The highest BCUT2D eigenvalue weighted by molar-refractivity contribution is 5.85. The molecule has 0 spiro atoms. The zero-order valence-corrected chi connectivity index (χ0v) is 6.22. The molecule has 0 radical (unpaired) electrons. The first-order chi connectivity index (χ1) is 3.93. The molecule has 0 aromatic heterocycles. The van der Waals surface area contributed by atoms with Gasteiger partial charge in [0.25, 0.3) is 0 Å². The molecule has 3 heteroatoms. The molecule has 1 atom stereocenters. The Morgan fingerprint density at radius 3 is 2.78 bits per heavy atom. The van der Waals surface area contributed by atoms with Crippen LogP contribution in [0.4, 0.5) is 4.39 Å². The van der Waals surface area contributed by atoms with Crippen molar-refractivity contribution >= 4 is 12.4 Å². The summed E-state index contributed by atoms with van der Waals surface area (Å²) < 4.78 is 11.6. The van der Waals surface area contributed by atoms with Gasteiger partial charge in [-0.3, -0.25) is 4.39 Å². The van der Waals surface area contributed by atoms with Gasteiger partial charge >= 0.3 is 0 Å². The van der Waals surface area contributed by atoms with E-state index in [2.05, 4.69) is 5.32 Å². The number of rotatable bonds is 2. The van der Waals surface area contributed by atoms with Gasteiger partial charge in [-0.25, -0.2) is 0 Å². The molecule has 0 aromatic rings. The minimum Gasteiger partial charge on any atom is -0.316 e. The number of nitrogens with one attached hydrogen (secondary N) is 1. The highest BCUT2D eigenvalue weighted by Crippen LogP contribution is 2.11. The first-order valence-corrected chi connectivity index (χ1v) is 3.20. The van der Waals surface area contributed by atoms with Crippen molar-refractivity contribution in [2.24, 2.45) is 5.92 Å². The summed E-state index contributed by atoms with van der Waals surface area (Å²) in [5, 5.41) is 3.19. The first kappa shape index (κ1) is 9.18. The molecule has 0 aliphatic carbocycles. The van der Waals surface area contributed by atoms with Gasteiger partial charge in [-0.05, 0) is 31.8 Å². The maximum Gasteiger partial charge on any atom is 0.0897 e. The fraction of sp³-hybridized carbons (Fsp3) is 1.00. The normalized spacial score (nSPS) is 25.7. The van der Waals surface area contributed by atoms with E-state index >= 15 is 0 Å². The average molecular weight is 154 g/mol. The third kappa shape index (κ3) is 3.01. The van der Waals surface area contributed by atoms with Crippen LogP contribution in [0, 0.1) is 5.92 Å². The lowest BCUT2D eigenvalue weighted by molar-refractivity contribution is 0.403. The topological polar surface area (TPSA) is 12.0 Å². The molecule has 0 aromatic carbocycles. The zero-order valence-electron chi connectivity index (χ0n) is 5.40. The van der Waals surface area contributed by atoms with Crippen LogP contribution in [0.5, 0.6) is 0 Å². The quantitative estimate of drug-likeness (QED) is 0.632. The third-order valence-corrected chi connectivity index (χ3v) is 1.68. The van der Waals surface area contributed by atoms with Gasteiger partial charge in [-0.15, -0.1) is 12.4 Å². The van der Waals surface area contributed by atoms with Crippen LogP contribution in [0.15, 0.2) is 0 Å². The number of hydrogen-bond donors (Lipinski definition) is 1.